The van der Waals surface area contributed by atoms with Gasteiger partial charge in [0.15, 0.2) is 0 Å². The van der Waals surface area contributed by atoms with E-state index in [0.29, 0.717) is 6.54 Å². The number of aryl methyl sites for hydroxylation is 2. The fourth-order valence-electron chi connectivity index (χ4n) is 2.10. The van der Waals surface area contributed by atoms with E-state index in [1.165, 1.54) is 15.8 Å². The van der Waals surface area contributed by atoms with Gasteiger partial charge < -0.3 is 10.6 Å². The van der Waals surface area contributed by atoms with Crippen molar-refractivity contribution in [3.05, 3.63) is 16.8 Å². The van der Waals surface area contributed by atoms with E-state index in [1.54, 1.807) is 17.7 Å². The second kappa shape index (κ2) is 5.63. The van der Waals surface area contributed by atoms with Crippen LogP contribution in [0.25, 0.3) is 10.2 Å². The summed E-state index contributed by atoms with van der Waals surface area (Å²) in [6.45, 7) is 9.05. The SMILES string of the molecule is CCN(CCCN)c1ncnc2sc(C)c(C)c12. The molecule has 0 unspecified atom stereocenters. The second-order valence-electron chi connectivity index (χ2n) is 4.38. The van der Waals surface area contributed by atoms with Crippen molar-refractivity contribution >= 4 is 27.4 Å². The maximum absolute atomic E-state index is 5.60. The van der Waals surface area contributed by atoms with Crippen LogP contribution in [0, 0.1) is 13.8 Å². The van der Waals surface area contributed by atoms with E-state index in [2.05, 4.69) is 35.6 Å². The largest absolute Gasteiger partial charge is 0.356 e. The van der Waals surface area contributed by atoms with Gasteiger partial charge in [-0.15, -0.1) is 11.3 Å². The molecule has 2 rings (SSSR count). The summed E-state index contributed by atoms with van der Waals surface area (Å²) in [4.78, 5) is 13.6. The van der Waals surface area contributed by atoms with Crippen LogP contribution in [0.4, 0.5) is 5.82 Å². The summed E-state index contributed by atoms with van der Waals surface area (Å²) >= 11 is 1.74. The van der Waals surface area contributed by atoms with Crippen molar-refractivity contribution in [1.29, 1.82) is 0 Å². The molecule has 0 aromatic carbocycles. The topological polar surface area (TPSA) is 55.0 Å². The van der Waals surface area contributed by atoms with Gasteiger partial charge >= 0.3 is 0 Å². The number of hydrogen-bond donors (Lipinski definition) is 1. The Morgan fingerprint density at radius 3 is 2.78 bits per heavy atom. The molecule has 0 aliphatic heterocycles. The summed E-state index contributed by atoms with van der Waals surface area (Å²) in [7, 11) is 0. The zero-order valence-electron chi connectivity index (χ0n) is 11.2. The molecule has 0 saturated heterocycles. The highest BCUT2D eigenvalue weighted by molar-refractivity contribution is 7.18. The van der Waals surface area contributed by atoms with Crippen LogP contribution < -0.4 is 10.6 Å². The number of rotatable bonds is 5. The molecule has 0 fully saturated rings. The third-order valence-electron chi connectivity index (χ3n) is 3.26. The molecule has 4 nitrogen and oxygen atoms in total. The number of anilines is 1. The Morgan fingerprint density at radius 1 is 1.33 bits per heavy atom. The third-order valence-corrected chi connectivity index (χ3v) is 4.37. The summed E-state index contributed by atoms with van der Waals surface area (Å²) in [5.74, 6) is 1.05. The van der Waals surface area contributed by atoms with E-state index in [1.807, 2.05) is 0 Å². The van der Waals surface area contributed by atoms with Gasteiger partial charge in [0.1, 0.15) is 17.0 Å². The molecule has 2 aromatic heterocycles. The molecule has 0 bridgehead atoms. The lowest BCUT2D eigenvalue weighted by atomic mass is 10.2. The van der Waals surface area contributed by atoms with E-state index in [-0.39, 0.29) is 0 Å². The number of hydrogen-bond acceptors (Lipinski definition) is 5. The fraction of sp³-hybridized carbons (Fsp3) is 0.538. The van der Waals surface area contributed by atoms with Crippen molar-refractivity contribution < 1.29 is 0 Å². The van der Waals surface area contributed by atoms with Gasteiger partial charge in [-0.3, -0.25) is 0 Å². The zero-order valence-corrected chi connectivity index (χ0v) is 12.0. The van der Waals surface area contributed by atoms with Crippen LogP contribution in [0.2, 0.25) is 0 Å². The Hall–Kier alpha value is -1.20. The molecule has 0 spiro atoms. The quantitative estimate of drug-likeness (QED) is 0.901. The van der Waals surface area contributed by atoms with Crippen molar-refractivity contribution in [3.8, 4) is 0 Å². The van der Waals surface area contributed by atoms with Gasteiger partial charge in [-0.2, -0.15) is 0 Å². The van der Waals surface area contributed by atoms with E-state index in [9.17, 15) is 0 Å². The molecular formula is C13H20N4S. The summed E-state index contributed by atoms with van der Waals surface area (Å²) in [6, 6.07) is 0. The first-order valence-corrected chi connectivity index (χ1v) is 7.16. The van der Waals surface area contributed by atoms with E-state index in [0.717, 1.165) is 30.2 Å². The average Bonchev–Trinajstić information content (AvgIpc) is 2.67. The first-order valence-electron chi connectivity index (χ1n) is 6.34. The highest BCUT2D eigenvalue weighted by Crippen LogP contribution is 2.34. The normalized spacial score (nSPS) is 11.1. The van der Waals surface area contributed by atoms with Crippen LogP contribution in [0.1, 0.15) is 23.8 Å². The summed E-state index contributed by atoms with van der Waals surface area (Å²) < 4.78 is 0. The van der Waals surface area contributed by atoms with Crippen LogP contribution in [0.5, 0.6) is 0 Å². The monoisotopic (exact) mass is 264 g/mol. The lowest BCUT2D eigenvalue weighted by Gasteiger charge is -2.22. The Labute approximate surface area is 112 Å². The average molecular weight is 264 g/mol. The van der Waals surface area contributed by atoms with Crippen LogP contribution in [-0.2, 0) is 0 Å². The molecule has 0 aliphatic rings. The smallest absolute Gasteiger partial charge is 0.141 e. The Bertz CT molecular complexity index is 535. The second-order valence-corrected chi connectivity index (χ2v) is 5.59. The molecular weight excluding hydrogens is 244 g/mol. The fourth-order valence-corrected chi connectivity index (χ4v) is 3.09. The van der Waals surface area contributed by atoms with E-state index < -0.39 is 0 Å². The molecule has 98 valence electrons. The van der Waals surface area contributed by atoms with Crippen molar-refractivity contribution in [2.24, 2.45) is 5.73 Å². The van der Waals surface area contributed by atoms with Crippen LogP contribution in [0.15, 0.2) is 6.33 Å². The molecule has 2 N–H and O–H groups in total. The van der Waals surface area contributed by atoms with Crippen molar-refractivity contribution in [1.82, 2.24) is 9.97 Å². The molecule has 0 amide bonds. The van der Waals surface area contributed by atoms with Gasteiger partial charge in [-0.05, 0) is 39.3 Å². The summed E-state index contributed by atoms with van der Waals surface area (Å²) in [6.07, 6.45) is 2.65. The van der Waals surface area contributed by atoms with Crippen molar-refractivity contribution in [2.45, 2.75) is 27.2 Å². The number of thiophene rings is 1. The lowest BCUT2D eigenvalue weighted by molar-refractivity contribution is 0.747. The van der Waals surface area contributed by atoms with Crippen molar-refractivity contribution in [3.63, 3.8) is 0 Å². The van der Waals surface area contributed by atoms with Gasteiger partial charge in [0.2, 0.25) is 0 Å². The highest BCUT2D eigenvalue weighted by Gasteiger charge is 2.15. The standard InChI is InChI=1S/C13H20N4S/c1-4-17(7-5-6-14)12-11-9(2)10(3)18-13(11)16-8-15-12/h8H,4-7,14H2,1-3H3. The van der Waals surface area contributed by atoms with Gasteiger partial charge in [-0.1, -0.05) is 0 Å². The zero-order chi connectivity index (χ0) is 13.1. The summed E-state index contributed by atoms with van der Waals surface area (Å²) in [5, 5.41) is 1.21. The minimum atomic E-state index is 0.715. The Balaban J connectivity index is 2.48. The van der Waals surface area contributed by atoms with Gasteiger partial charge in [-0.25, -0.2) is 9.97 Å². The van der Waals surface area contributed by atoms with Crippen LogP contribution in [-0.4, -0.2) is 29.6 Å². The molecule has 18 heavy (non-hydrogen) atoms. The first kappa shape index (κ1) is 13.2. The highest BCUT2D eigenvalue weighted by atomic mass is 32.1. The van der Waals surface area contributed by atoms with E-state index >= 15 is 0 Å². The lowest BCUT2D eigenvalue weighted by Crippen LogP contribution is -2.26. The van der Waals surface area contributed by atoms with Crippen LogP contribution >= 0.6 is 11.3 Å². The molecule has 0 atom stereocenters. The number of nitrogens with zero attached hydrogens (tertiary/aromatic N) is 3. The Kier molecular flexibility index (Phi) is 4.14. The summed E-state index contributed by atoms with van der Waals surface area (Å²) in [5.41, 5.74) is 6.90. The molecule has 2 heterocycles. The number of fused-ring (bicyclic) bond motifs is 1. The minimum absolute atomic E-state index is 0.715. The molecule has 0 aliphatic carbocycles. The van der Waals surface area contributed by atoms with E-state index in [4.69, 9.17) is 5.73 Å². The van der Waals surface area contributed by atoms with Gasteiger partial charge in [0, 0.05) is 18.0 Å². The van der Waals surface area contributed by atoms with Gasteiger partial charge in [0.25, 0.3) is 0 Å². The third kappa shape index (κ3) is 2.33. The number of aromatic nitrogens is 2. The predicted molar refractivity (Wildman–Crippen MR) is 78.4 cm³/mol. The van der Waals surface area contributed by atoms with Crippen molar-refractivity contribution in [2.75, 3.05) is 24.5 Å². The maximum Gasteiger partial charge on any atom is 0.141 e. The molecule has 0 radical (unpaired) electrons. The molecule has 5 heteroatoms. The van der Waals surface area contributed by atoms with Gasteiger partial charge in [0.05, 0.1) is 5.39 Å². The maximum atomic E-state index is 5.60. The van der Waals surface area contributed by atoms with Crippen LogP contribution in [0.3, 0.4) is 0 Å². The number of nitrogens with two attached hydrogens (primary N) is 1. The first-order chi connectivity index (χ1) is 8.69. The molecule has 2 aromatic rings. The minimum Gasteiger partial charge on any atom is -0.356 e. The Morgan fingerprint density at radius 2 is 2.11 bits per heavy atom. The molecule has 0 saturated carbocycles. The predicted octanol–water partition coefficient (Wildman–Crippen LogP) is 2.48.